The first kappa shape index (κ1) is 19.2. The highest BCUT2D eigenvalue weighted by molar-refractivity contribution is 5.92. The highest BCUT2D eigenvalue weighted by Crippen LogP contribution is 2.32. The molecule has 0 saturated heterocycles. The van der Waals surface area contributed by atoms with Gasteiger partial charge in [0.15, 0.2) is 5.65 Å². The molecule has 2 heterocycles. The zero-order valence-corrected chi connectivity index (χ0v) is 17.6. The van der Waals surface area contributed by atoms with Gasteiger partial charge in [-0.3, -0.25) is 0 Å². The summed E-state index contributed by atoms with van der Waals surface area (Å²) in [6.45, 7) is 16.6. The van der Waals surface area contributed by atoms with Crippen LogP contribution in [0, 0.1) is 34.6 Å². The van der Waals surface area contributed by atoms with E-state index in [1.807, 2.05) is 6.92 Å². The first-order chi connectivity index (χ1) is 12.9. The third-order valence-corrected chi connectivity index (χ3v) is 5.05. The van der Waals surface area contributed by atoms with Crippen molar-refractivity contribution in [1.82, 2.24) is 14.5 Å². The van der Waals surface area contributed by atoms with E-state index in [0.717, 1.165) is 35.8 Å². The molecule has 0 amide bonds. The maximum Gasteiger partial charge on any atom is 0.150 e. The van der Waals surface area contributed by atoms with E-state index in [9.17, 15) is 0 Å². The monoisotopic (exact) mass is 362 g/mol. The molecule has 2 aromatic heterocycles. The number of aryl methyl sites for hydroxylation is 5. The maximum absolute atomic E-state index is 4.84. The van der Waals surface area contributed by atoms with E-state index in [4.69, 9.17) is 9.97 Å². The number of hydrogen-bond donors (Lipinski definition) is 0. The summed E-state index contributed by atoms with van der Waals surface area (Å²) < 4.78 is 2.25. The number of nitrogens with zero attached hydrogens (tertiary/aromatic N) is 4. The quantitative estimate of drug-likeness (QED) is 0.573. The van der Waals surface area contributed by atoms with Crippen LogP contribution in [0.3, 0.4) is 0 Å². The van der Waals surface area contributed by atoms with Crippen molar-refractivity contribution in [2.75, 3.05) is 18.0 Å². The number of anilines is 1. The zero-order valence-electron chi connectivity index (χ0n) is 17.6. The van der Waals surface area contributed by atoms with Crippen LogP contribution >= 0.6 is 0 Å². The first-order valence-electron chi connectivity index (χ1n) is 9.68. The van der Waals surface area contributed by atoms with Gasteiger partial charge in [-0.05, 0) is 65.2 Å². The smallest absolute Gasteiger partial charge is 0.150 e. The number of fused-ring (bicyclic) bond motifs is 1. The Kier molecular flexibility index (Phi) is 5.36. The van der Waals surface area contributed by atoms with E-state index in [1.165, 1.54) is 27.9 Å². The van der Waals surface area contributed by atoms with Gasteiger partial charge in [-0.2, -0.15) is 0 Å². The second kappa shape index (κ2) is 7.55. The van der Waals surface area contributed by atoms with E-state index < -0.39 is 0 Å². The van der Waals surface area contributed by atoms with Crippen molar-refractivity contribution >= 4 is 16.9 Å². The number of aromatic nitrogens is 3. The minimum absolute atomic E-state index is 0.804. The van der Waals surface area contributed by atoms with Gasteiger partial charge in [0.25, 0.3) is 0 Å². The summed E-state index contributed by atoms with van der Waals surface area (Å²) in [6, 6.07) is 4.48. The van der Waals surface area contributed by atoms with Crippen LogP contribution in [0.25, 0.3) is 16.7 Å². The standard InChI is InChI=1S/C23H30N4/c1-8-10-11-26(9-2)22-20-18(6)14-27(23(20)25-19(7)24-22)21-16(4)12-15(3)13-17(21)5/h8,10,12-14H,9,11H2,1-7H3. The fraction of sp³-hybridized carbons (Fsp3) is 0.391. The Morgan fingerprint density at radius 2 is 1.67 bits per heavy atom. The van der Waals surface area contributed by atoms with Crippen LogP contribution in [0.5, 0.6) is 0 Å². The van der Waals surface area contributed by atoms with Crippen LogP contribution in [-0.4, -0.2) is 27.6 Å². The molecule has 0 spiro atoms. The number of likely N-dealkylation sites (N-methyl/N-ethyl adjacent to an activating group) is 1. The molecule has 0 radical (unpaired) electrons. The molecule has 0 bridgehead atoms. The van der Waals surface area contributed by atoms with Crippen LogP contribution in [0.4, 0.5) is 5.82 Å². The molecule has 0 aliphatic rings. The molecule has 0 fully saturated rings. The van der Waals surface area contributed by atoms with E-state index in [0.29, 0.717) is 0 Å². The summed E-state index contributed by atoms with van der Waals surface area (Å²) in [5, 5.41) is 1.14. The number of allylic oxidation sites excluding steroid dienone is 1. The van der Waals surface area contributed by atoms with Gasteiger partial charge in [0.2, 0.25) is 0 Å². The second-order valence-electron chi connectivity index (χ2n) is 7.33. The third kappa shape index (κ3) is 3.48. The average molecular weight is 363 g/mol. The zero-order chi connectivity index (χ0) is 19.7. The first-order valence-corrected chi connectivity index (χ1v) is 9.68. The Balaban J connectivity index is 2.31. The largest absolute Gasteiger partial charge is 0.352 e. The predicted molar refractivity (Wildman–Crippen MR) is 115 cm³/mol. The van der Waals surface area contributed by atoms with Crippen molar-refractivity contribution in [3.05, 3.63) is 58.6 Å². The van der Waals surface area contributed by atoms with E-state index in [1.54, 1.807) is 0 Å². The summed E-state index contributed by atoms with van der Waals surface area (Å²) in [6.07, 6.45) is 6.47. The van der Waals surface area contributed by atoms with Crippen LogP contribution in [-0.2, 0) is 0 Å². The van der Waals surface area contributed by atoms with Crippen molar-refractivity contribution in [2.24, 2.45) is 0 Å². The Hall–Kier alpha value is -2.62. The summed E-state index contributed by atoms with van der Waals surface area (Å²) >= 11 is 0. The predicted octanol–water partition coefficient (Wildman–Crippen LogP) is 5.37. The molecule has 27 heavy (non-hydrogen) atoms. The minimum atomic E-state index is 0.804. The van der Waals surface area contributed by atoms with Crippen molar-refractivity contribution < 1.29 is 0 Å². The van der Waals surface area contributed by atoms with E-state index >= 15 is 0 Å². The molecule has 142 valence electrons. The molecule has 3 aromatic rings. The van der Waals surface area contributed by atoms with Gasteiger partial charge in [-0.25, -0.2) is 9.97 Å². The maximum atomic E-state index is 4.84. The Labute approximate surface area is 162 Å². The fourth-order valence-electron chi connectivity index (χ4n) is 3.94. The lowest BCUT2D eigenvalue weighted by Gasteiger charge is -2.22. The molecular weight excluding hydrogens is 332 g/mol. The lowest BCUT2D eigenvalue weighted by Crippen LogP contribution is -2.24. The number of rotatable bonds is 5. The van der Waals surface area contributed by atoms with Crippen molar-refractivity contribution in [3.63, 3.8) is 0 Å². The molecule has 0 saturated carbocycles. The van der Waals surface area contributed by atoms with E-state index in [-0.39, 0.29) is 0 Å². The Morgan fingerprint density at radius 1 is 1.00 bits per heavy atom. The minimum Gasteiger partial charge on any atom is -0.352 e. The molecule has 0 aliphatic carbocycles. The van der Waals surface area contributed by atoms with Crippen molar-refractivity contribution in [1.29, 1.82) is 0 Å². The van der Waals surface area contributed by atoms with Gasteiger partial charge >= 0.3 is 0 Å². The van der Waals surface area contributed by atoms with E-state index in [2.05, 4.69) is 81.5 Å². The molecule has 0 N–H and O–H groups in total. The van der Waals surface area contributed by atoms with Crippen molar-refractivity contribution in [2.45, 2.75) is 48.5 Å². The Bertz CT molecular complexity index is 988. The van der Waals surface area contributed by atoms with Gasteiger partial charge in [0, 0.05) is 19.3 Å². The molecule has 4 nitrogen and oxygen atoms in total. The van der Waals surface area contributed by atoms with Gasteiger partial charge < -0.3 is 9.47 Å². The topological polar surface area (TPSA) is 34.0 Å². The summed E-state index contributed by atoms with van der Waals surface area (Å²) in [7, 11) is 0. The normalized spacial score (nSPS) is 11.7. The van der Waals surface area contributed by atoms with Gasteiger partial charge in [-0.1, -0.05) is 29.8 Å². The Morgan fingerprint density at radius 3 is 2.26 bits per heavy atom. The third-order valence-electron chi connectivity index (χ3n) is 5.05. The van der Waals surface area contributed by atoms with Crippen LogP contribution in [0.1, 0.15) is 41.9 Å². The number of benzene rings is 1. The molecule has 1 aromatic carbocycles. The lowest BCUT2D eigenvalue weighted by atomic mass is 10.1. The lowest BCUT2D eigenvalue weighted by molar-refractivity contribution is 0.873. The van der Waals surface area contributed by atoms with Gasteiger partial charge in [-0.15, -0.1) is 0 Å². The van der Waals surface area contributed by atoms with Gasteiger partial charge in [0.05, 0.1) is 11.1 Å². The highest BCUT2D eigenvalue weighted by atomic mass is 15.2. The molecule has 0 aliphatic heterocycles. The summed E-state index contributed by atoms with van der Waals surface area (Å²) in [5.41, 5.74) is 7.24. The molecule has 3 rings (SSSR count). The van der Waals surface area contributed by atoms with Gasteiger partial charge in [0.1, 0.15) is 11.6 Å². The van der Waals surface area contributed by atoms with Crippen LogP contribution < -0.4 is 4.90 Å². The SMILES string of the molecule is CC=CCN(CC)c1nc(C)nc2c1c(C)cn2-c1c(C)cc(C)cc1C. The van der Waals surface area contributed by atoms with Crippen LogP contribution in [0.2, 0.25) is 0 Å². The molecular formula is C23H30N4. The molecule has 0 atom stereocenters. The van der Waals surface area contributed by atoms with Crippen molar-refractivity contribution in [3.8, 4) is 5.69 Å². The second-order valence-corrected chi connectivity index (χ2v) is 7.33. The molecule has 4 heteroatoms. The summed E-state index contributed by atoms with van der Waals surface area (Å²) in [5.74, 6) is 1.83. The number of hydrogen-bond acceptors (Lipinski definition) is 3. The summed E-state index contributed by atoms with van der Waals surface area (Å²) in [4.78, 5) is 12.0. The molecule has 0 unspecified atom stereocenters. The average Bonchev–Trinajstić information content (AvgIpc) is 2.91. The van der Waals surface area contributed by atoms with Crippen LogP contribution in [0.15, 0.2) is 30.5 Å². The fourth-order valence-corrected chi connectivity index (χ4v) is 3.94. The highest BCUT2D eigenvalue weighted by Gasteiger charge is 2.19.